The van der Waals surface area contributed by atoms with E-state index in [2.05, 4.69) is 36.1 Å². The zero-order valence-electron chi connectivity index (χ0n) is 14.5. The molecule has 0 saturated carbocycles. The zero-order chi connectivity index (χ0) is 17.3. The maximum absolute atomic E-state index is 9.61. The molecule has 0 atom stereocenters. The average molecular weight is 322 g/mol. The van der Waals surface area contributed by atoms with E-state index in [-0.39, 0.29) is 5.75 Å². The number of hydrogen-bond donors (Lipinski definition) is 2. The summed E-state index contributed by atoms with van der Waals surface area (Å²) in [6, 6.07) is 7.29. The highest BCUT2D eigenvalue weighted by Crippen LogP contribution is 2.40. The lowest BCUT2D eigenvalue weighted by atomic mass is 9.96. The number of rotatable bonds is 4. The molecule has 0 unspecified atom stereocenters. The third-order valence-corrected chi connectivity index (χ3v) is 4.20. The van der Waals surface area contributed by atoms with E-state index in [0.717, 1.165) is 51.5 Å². The molecule has 124 valence electrons. The van der Waals surface area contributed by atoms with Gasteiger partial charge in [-0.05, 0) is 44.9 Å². The Balaban J connectivity index is 2.30. The van der Waals surface area contributed by atoms with Crippen LogP contribution in [0.3, 0.4) is 0 Å². The van der Waals surface area contributed by atoms with Crippen molar-refractivity contribution in [3.05, 3.63) is 53.1 Å². The minimum atomic E-state index is 0.260. The van der Waals surface area contributed by atoms with Crippen molar-refractivity contribution in [2.24, 2.45) is 0 Å². The first-order valence-corrected chi connectivity index (χ1v) is 8.14. The molecule has 4 nitrogen and oxygen atoms in total. The highest BCUT2D eigenvalue weighted by Gasteiger charge is 2.21. The van der Waals surface area contributed by atoms with E-state index in [4.69, 9.17) is 4.52 Å². The van der Waals surface area contributed by atoms with Gasteiger partial charge in [0.05, 0.1) is 17.0 Å². The van der Waals surface area contributed by atoms with Gasteiger partial charge in [-0.2, -0.15) is 0 Å². The Morgan fingerprint density at radius 2 is 1.83 bits per heavy atom. The molecule has 3 aromatic rings. The first kappa shape index (κ1) is 16.1. The molecule has 2 N–H and O–H groups in total. The Hall–Kier alpha value is -2.75. The lowest BCUT2D eigenvalue weighted by Gasteiger charge is -2.07. The van der Waals surface area contributed by atoms with E-state index in [1.54, 1.807) is 12.1 Å². The van der Waals surface area contributed by atoms with Crippen LogP contribution in [0.5, 0.6) is 5.75 Å². The Bertz CT molecular complexity index is 864. The van der Waals surface area contributed by atoms with Gasteiger partial charge in [0, 0.05) is 16.8 Å². The monoisotopic (exact) mass is 322 g/mol. The first-order chi connectivity index (χ1) is 11.5. The predicted octanol–water partition coefficient (Wildman–Crippen LogP) is 5.39. The molecule has 0 radical (unpaired) electrons. The van der Waals surface area contributed by atoms with Gasteiger partial charge in [-0.1, -0.05) is 36.4 Å². The Kier molecular flexibility index (Phi) is 4.30. The summed E-state index contributed by atoms with van der Waals surface area (Å²) in [7, 11) is 0. The number of aromatic hydroxyl groups is 1. The fraction of sp³-hybridized carbons (Fsp3) is 0.250. The second kappa shape index (κ2) is 6.40. The molecule has 1 aromatic carbocycles. The van der Waals surface area contributed by atoms with Crippen LogP contribution in [0.1, 0.15) is 36.1 Å². The lowest BCUT2D eigenvalue weighted by Crippen LogP contribution is -1.87. The fourth-order valence-corrected chi connectivity index (χ4v) is 3.04. The van der Waals surface area contributed by atoms with E-state index in [0.29, 0.717) is 0 Å². The van der Waals surface area contributed by atoms with Crippen molar-refractivity contribution in [2.75, 3.05) is 0 Å². The normalized spacial score (nSPS) is 11.5. The number of phenolic OH excluding ortho intramolecular Hbond substituents is 1. The second-order valence-electron chi connectivity index (χ2n) is 5.97. The number of H-pyrrole nitrogens is 1. The van der Waals surface area contributed by atoms with Gasteiger partial charge in [0.2, 0.25) is 0 Å². The van der Waals surface area contributed by atoms with Crippen LogP contribution < -0.4 is 0 Å². The largest absolute Gasteiger partial charge is 0.508 e. The number of nitrogens with one attached hydrogen (secondary N) is 1. The molecule has 0 bridgehead atoms. The van der Waals surface area contributed by atoms with Gasteiger partial charge >= 0.3 is 0 Å². The highest BCUT2D eigenvalue weighted by atomic mass is 16.5. The summed E-state index contributed by atoms with van der Waals surface area (Å²) in [5.41, 5.74) is 7.26. The smallest absolute Gasteiger partial charge is 0.143 e. The summed E-state index contributed by atoms with van der Waals surface area (Å²) >= 11 is 0. The molecule has 0 fully saturated rings. The number of phenols is 1. The molecule has 3 rings (SSSR count). The van der Waals surface area contributed by atoms with Crippen LogP contribution >= 0.6 is 0 Å². The van der Waals surface area contributed by atoms with Crippen molar-refractivity contribution in [1.82, 2.24) is 10.1 Å². The third kappa shape index (κ3) is 2.75. The van der Waals surface area contributed by atoms with Crippen LogP contribution in [0, 0.1) is 20.8 Å². The molecule has 2 heterocycles. The van der Waals surface area contributed by atoms with Crippen LogP contribution in [0.4, 0.5) is 0 Å². The van der Waals surface area contributed by atoms with Gasteiger partial charge in [-0.15, -0.1) is 0 Å². The SMILES string of the molecule is CCC=Cc1c(C)[nH]c(-c2c(C)noc2C)c1-c1ccc(O)cc1. The second-order valence-corrected chi connectivity index (χ2v) is 5.97. The summed E-state index contributed by atoms with van der Waals surface area (Å²) in [5.74, 6) is 1.05. The quantitative estimate of drug-likeness (QED) is 0.677. The third-order valence-electron chi connectivity index (χ3n) is 4.20. The number of benzene rings is 1. The fourth-order valence-electron chi connectivity index (χ4n) is 3.04. The summed E-state index contributed by atoms with van der Waals surface area (Å²) in [5, 5.41) is 13.7. The highest BCUT2D eigenvalue weighted by molar-refractivity contribution is 5.90. The molecule has 0 aliphatic heterocycles. The molecule has 24 heavy (non-hydrogen) atoms. The van der Waals surface area contributed by atoms with E-state index < -0.39 is 0 Å². The molecule has 0 aliphatic rings. The number of allylic oxidation sites excluding steroid dienone is 1. The molecule has 0 spiro atoms. The van der Waals surface area contributed by atoms with E-state index in [1.165, 1.54) is 0 Å². The number of aryl methyl sites for hydroxylation is 3. The number of aromatic nitrogens is 2. The Morgan fingerprint density at radius 1 is 1.12 bits per heavy atom. The maximum atomic E-state index is 9.61. The molecule has 0 saturated heterocycles. The molecular formula is C20H22N2O2. The average Bonchev–Trinajstić information content (AvgIpc) is 3.05. The number of aromatic amines is 1. The molecule has 0 aliphatic carbocycles. The molecule has 4 heteroatoms. The van der Waals surface area contributed by atoms with E-state index >= 15 is 0 Å². The van der Waals surface area contributed by atoms with E-state index in [9.17, 15) is 5.11 Å². The molecular weight excluding hydrogens is 300 g/mol. The lowest BCUT2D eigenvalue weighted by molar-refractivity contribution is 0.393. The Labute approximate surface area is 141 Å². The first-order valence-electron chi connectivity index (χ1n) is 8.14. The Morgan fingerprint density at radius 3 is 2.42 bits per heavy atom. The molecule has 2 aromatic heterocycles. The molecule has 0 amide bonds. The van der Waals surface area contributed by atoms with Gasteiger partial charge in [0.25, 0.3) is 0 Å². The van der Waals surface area contributed by atoms with Crippen molar-refractivity contribution in [3.63, 3.8) is 0 Å². The summed E-state index contributed by atoms with van der Waals surface area (Å²) in [6.45, 7) is 8.06. The minimum Gasteiger partial charge on any atom is -0.508 e. The van der Waals surface area contributed by atoms with Crippen molar-refractivity contribution in [3.8, 4) is 28.1 Å². The van der Waals surface area contributed by atoms with Crippen LogP contribution in [0.2, 0.25) is 0 Å². The van der Waals surface area contributed by atoms with Crippen molar-refractivity contribution >= 4 is 6.08 Å². The summed E-state index contributed by atoms with van der Waals surface area (Å²) in [6.07, 6.45) is 5.27. The topological polar surface area (TPSA) is 62.0 Å². The van der Waals surface area contributed by atoms with Crippen LogP contribution in [0.15, 0.2) is 34.9 Å². The summed E-state index contributed by atoms with van der Waals surface area (Å²) < 4.78 is 5.36. The zero-order valence-corrected chi connectivity index (χ0v) is 14.5. The van der Waals surface area contributed by atoms with Crippen LogP contribution in [0.25, 0.3) is 28.5 Å². The van der Waals surface area contributed by atoms with E-state index in [1.807, 2.05) is 26.0 Å². The minimum absolute atomic E-state index is 0.260. The van der Waals surface area contributed by atoms with Crippen molar-refractivity contribution in [1.29, 1.82) is 0 Å². The van der Waals surface area contributed by atoms with Crippen molar-refractivity contribution < 1.29 is 9.63 Å². The van der Waals surface area contributed by atoms with Gasteiger partial charge < -0.3 is 14.6 Å². The number of nitrogens with zero attached hydrogens (tertiary/aromatic N) is 1. The van der Waals surface area contributed by atoms with Gasteiger partial charge in [-0.3, -0.25) is 0 Å². The van der Waals surface area contributed by atoms with Crippen LogP contribution in [-0.2, 0) is 0 Å². The number of hydrogen-bond acceptors (Lipinski definition) is 3. The standard InChI is InChI=1S/C20H22N2O2/c1-5-6-7-17-12(2)21-20(18-13(3)22-24-14(18)4)19(17)15-8-10-16(23)11-9-15/h6-11,21,23H,5H2,1-4H3. The predicted molar refractivity (Wildman–Crippen MR) is 96.9 cm³/mol. The maximum Gasteiger partial charge on any atom is 0.143 e. The van der Waals surface area contributed by atoms with Gasteiger partial charge in [0.15, 0.2) is 0 Å². The van der Waals surface area contributed by atoms with Gasteiger partial charge in [-0.25, -0.2) is 0 Å². The van der Waals surface area contributed by atoms with Crippen LogP contribution in [-0.4, -0.2) is 15.2 Å². The van der Waals surface area contributed by atoms with Gasteiger partial charge in [0.1, 0.15) is 11.5 Å². The summed E-state index contributed by atoms with van der Waals surface area (Å²) in [4.78, 5) is 3.51. The van der Waals surface area contributed by atoms with Crippen molar-refractivity contribution in [2.45, 2.75) is 34.1 Å².